The third-order valence-electron chi connectivity index (χ3n) is 5.58. The van der Waals surface area contributed by atoms with Gasteiger partial charge in [-0.05, 0) is 46.8 Å². The first-order valence-electron chi connectivity index (χ1n) is 10.8. The normalized spacial score (nSPS) is 16.5. The molecule has 0 bridgehead atoms. The molecule has 1 aliphatic carbocycles. The summed E-state index contributed by atoms with van der Waals surface area (Å²) in [5.74, 6) is 0.524. The van der Waals surface area contributed by atoms with Gasteiger partial charge < -0.3 is 10.6 Å². The zero-order valence-corrected chi connectivity index (χ0v) is 18.6. The third kappa shape index (κ3) is 5.50. The maximum atomic E-state index is 5.83. The number of allylic oxidation sites excluding steroid dienone is 2. The minimum Gasteiger partial charge on any atom is -0.352 e. The van der Waals surface area contributed by atoms with E-state index in [1.807, 2.05) is 18.2 Å². The van der Waals surface area contributed by atoms with Gasteiger partial charge in [0.05, 0.1) is 12.1 Å². The summed E-state index contributed by atoms with van der Waals surface area (Å²) in [6.45, 7) is 2.25. The molecule has 0 aliphatic heterocycles. The lowest BCUT2D eigenvalue weighted by Crippen LogP contribution is -2.40. The number of hydrogen-bond acceptors (Lipinski definition) is 1. The topological polar surface area (TPSA) is 24.1 Å². The highest BCUT2D eigenvalue weighted by atomic mass is 32.1. The number of hydrogen-bond donors (Lipinski definition) is 2. The molecule has 3 heteroatoms. The molecule has 0 amide bonds. The van der Waals surface area contributed by atoms with E-state index in [2.05, 4.69) is 109 Å². The molecule has 2 atom stereocenters. The van der Waals surface area contributed by atoms with E-state index >= 15 is 0 Å². The Bertz CT molecular complexity index is 1000. The van der Waals surface area contributed by atoms with Crippen LogP contribution in [0.1, 0.15) is 42.1 Å². The van der Waals surface area contributed by atoms with Gasteiger partial charge in [0.2, 0.25) is 0 Å². The summed E-state index contributed by atoms with van der Waals surface area (Å²) in [5.41, 5.74) is 4.82. The largest absolute Gasteiger partial charge is 0.352 e. The van der Waals surface area contributed by atoms with Crippen molar-refractivity contribution in [2.24, 2.45) is 5.92 Å². The Morgan fingerprint density at radius 3 is 1.68 bits per heavy atom. The van der Waals surface area contributed by atoms with Crippen LogP contribution in [-0.4, -0.2) is 5.11 Å². The summed E-state index contributed by atoms with van der Waals surface area (Å²) >= 11 is 5.83. The van der Waals surface area contributed by atoms with Gasteiger partial charge in [-0.25, -0.2) is 0 Å². The van der Waals surface area contributed by atoms with Crippen molar-refractivity contribution in [1.29, 1.82) is 0 Å². The predicted octanol–water partition coefficient (Wildman–Crippen LogP) is 6.50. The molecular formula is C28H28N2S. The van der Waals surface area contributed by atoms with Gasteiger partial charge in [0, 0.05) is 0 Å². The SMILES string of the molecule is CC1C=C(C(NC(=S)NC(c2ccccc2)c2ccccc2)c2ccccc2)C=CC1. The second kappa shape index (κ2) is 10.2. The molecule has 3 aromatic rings. The van der Waals surface area contributed by atoms with E-state index in [9.17, 15) is 0 Å². The molecule has 0 radical (unpaired) electrons. The second-order valence-electron chi connectivity index (χ2n) is 8.00. The Hall–Kier alpha value is -3.17. The molecule has 0 heterocycles. The van der Waals surface area contributed by atoms with Crippen LogP contribution in [0.5, 0.6) is 0 Å². The zero-order valence-electron chi connectivity index (χ0n) is 17.7. The minimum absolute atomic E-state index is 0.00685. The van der Waals surface area contributed by atoms with Crippen LogP contribution in [0.25, 0.3) is 0 Å². The quantitative estimate of drug-likeness (QED) is 0.442. The predicted molar refractivity (Wildman–Crippen MR) is 134 cm³/mol. The smallest absolute Gasteiger partial charge is 0.167 e. The lowest BCUT2D eigenvalue weighted by atomic mass is 9.90. The molecule has 31 heavy (non-hydrogen) atoms. The number of thiocarbonyl (C=S) groups is 1. The molecule has 0 saturated heterocycles. The lowest BCUT2D eigenvalue weighted by molar-refractivity contribution is 0.667. The van der Waals surface area contributed by atoms with Crippen molar-refractivity contribution >= 4 is 17.3 Å². The summed E-state index contributed by atoms with van der Waals surface area (Å²) in [4.78, 5) is 0. The first-order valence-corrected chi connectivity index (χ1v) is 11.2. The second-order valence-corrected chi connectivity index (χ2v) is 8.41. The summed E-state index contributed by atoms with van der Waals surface area (Å²) in [7, 11) is 0. The maximum absolute atomic E-state index is 5.83. The van der Waals surface area contributed by atoms with Gasteiger partial charge >= 0.3 is 0 Å². The molecule has 3 aromatic carbocycles. The van der Waals surface area contributed by atoms with Gasteiger partial charge in [0.15, 0.2) is 5.11 Å². The standard InChI is InChI=1S/C28H28N2S/c1-21-12-11-19-25(20-21)27(24-17-9-4-10-18-24)30-28(31)29-26(22-13-5-2-6-14-22)23-15-7-3-8-16-23/h2-11,13-21,26-27H,12H2,1H3,(H2,29,30,31). The summed E-state index contributed by atoms with van der Waals surface area (Å²) in [5, 5.41) is 7.80. The maximum Gasteiger partial charge on any atom is 0.167 e. The van der Waals surface area contributed by atoms with Crippen molar-refractivity contribution in [3.8, 4) is 0 Å². The molecular weight excluding hydrogens is 396 g/mol. The molecule has 0 fully saturated rings. The molecule has 4 rings (SSSR count). The summed E-state index contributed by atoms with van der Waals surface area (Å²) in [6, 6.07) is 31.4. The average Bonchev–Trinajstić information content (AvgIpc) is 2.83. The van der Waals surface area contributed by atoms with Crippen LogP contribution in [0.15, 0.2) is 115 Å². The first kappa shape index (κ1) is 21.1. The van der Waals surface area contributed by atoms with Crippen LogP contribution in [-0.2, 0) is 0 Å². The molecule has 1 aliphatic rings. The van der Waals surface area contributed by atoms with Crippen LogP contribution < -0.4 is 10.6 Å². The molecule has 2 N–H and O–H groups in total. The van der Waals surface area contributed by atoms with E-state index in [4.69, 9.17) is 12.2 Å². The van der Waals surface area contributed by atoms with Crippen molar-refractivity contribution < 1.29 is 0 Å². The fraction of sp³-hybridized carbons (Fsp3) is 0.179. The fourth-order valence-corrected chi connectivity index (χ4v) is 4.26. The Morgan fingerprint density at radius 2 is 1.19 bits per heavy atom. The molecule has 0 aromatic heterocycles. The molecule has 156 valence electrons. The Balaban J connectivity index is 1.59. The molecule has 2 nitrogen and oxygen atoms in total. The van der Waals surface area contributed by atoms with E-state index in [1.54, 1.807) is 0 Å². The van der Waals surface area contributed by atoms with Gasteiger partial charge in [-0.2, -0.15) is 0 Å². The molecule has 2 unspecified atom stereocenters. The van der Waals surface area contributed by atoms with Gasteiger partial charge in [-0.15, -0.1) is 0 Å². The summed E-state index contributed by atoms with van der Waals surface area (Å²) in [6.07, 6.45) is 7.90. The van der Waals surface area contributed by atoms with Crippen LogP contribution >= 0.6 is 12.2 Å². The number of benzene rings is 3. The highest BCUT2D eigenvalue weighted by Gasteiger charge is 2.21. The van der Waals surface area contributed by atoms with Crippen LogP contribution in [0.2, 0.25) is 0 Å². The highest BCUT2D eigenvalue weighted by molar-refractivity contribution is 7.80. The van der Waals surface area contributed by atoms with E-state index in [1.165, 1.54) is 22.3 Å². The van der Waals surface area contributed by atoms with Crippen molar-refractivity contribution in [1.82, 2.24) is 10.6 Å². The van der Waals surface area contributed by atoms with Gasteiger partial charge in [-0.3, -0.25) is 0 Å². The third-order valence-corrected chi connectivity index (χ3v) is 5.81. The fourth-order valence-electron chi connectivity index (χ4n) is 4.02. The monoisotopic (exact) mass is 424 g/mol. The van der Waals surface area contributed by atoms with Crippen LogP contribution in [0.3, 0.4) is 0 Å². The lowest BCUT2D eigenvalue weighted by Gasteiger charge is -2.28. The van der Waals surface area contributed by atoms with E-state index in [0.717, 1.165) is 6.42 Å². The van der Waals surface area contributed by atoms with Crippen LogP contribution in [0, 0.1) is 5.92 Å². The van der Waals surface area contributed by atoms with E-state index < -0.39 is 0 Å². The van der Waals surface area contributed by atoms with Crippen LogP contribution in [0.4, 0.5) is 0 Å². The van der Waals surface area contributed by atoms with Crippen molar-refractivity contribution in [3.05, 3.63) is 131 Å². The van der Waals surface area contributed by atoms with Crippen molar-refractivity contribution in [2.75, 3.05) is 0 Å². The Kier molecular flexibility index (Phi) is 6.96. The zero-order chi connectivity index (χ0) is 21.5. The van der Waals surface area contributed by atoms with Gasteiger partial charge in [0.25, 0.3) is 0 Å². The summed E-state index contributed by atoms with van der Waals surface area (Å²) < 4.78 is 0. The molecule has 0 spiro atoms. The Morgan fingerprint density at radius 1 is 0.742 bits per heavy atom. The first-order chi connectivity index (χ1) is 15.2. The van der Waals surface area contributed by atoms with E-state index in [0.29, 0.717) is 11.0 Å². The van der Waals surface area contributed by atoms with Gasteiger partial charge in [0.1, 0.15) is 0 Å². The van der Waals surface area contributed by atoms with E-state index in [-0.39, 0.29) is 12.1 Å². The molecule has 0 saturated carbocycles. The minimum atomic E-state index is -0.0198. The Labute approximate surface area is 190 Å². The number of rotatable bonds is 6. The average molecular weight is 425 g/mol. The van der Waals surface area contributed by atoms with Crippen molar-refractivity contribution in [3.63, 3.8) is 0 Å². The number of nitrogens with one attached hydrogen (secondary N) is 2. The van der Waals surface area contributed by atoms with Gasteiger partial charge in [-0.1, -0.05) is 116 Å². The highest BCUT2D eigenvalue weighted by Crippen LogP contribution is 2.28. The van der Waals surface area contributed by atoms with Crippen molar-refractivity contribution in [2.45, 2.75) is 25.4 Å².